The Hall–Kier alpha value is -3.12. The van der Waals surface area contributed by atoms with Gasteiger partial charge in [0.2, 0.25) is 15.9 Å². The second kappa shape index (κ2) is 9.64. The zero-order valence-corrected chi connectivity index (χ0v) is 22.4. The second-order valence-electron chi connectivity index (χ2n) is 9.50. The van der Waals surface area contributed by atoms with Gasteiger partial charge in [-0.25, -0.2) is 18.5 Å². The highest BCUT2D eigenvalue weighted by Crippen LogP contribution is 2.40. The number of amides is 2. The van der Waals surface area contributed by atoms with Gasteiger partial charge in [-0.1, -0.05) is 18.2 Å². The monoisotopic (exact) mass is 540 g/mol. The molecule has 194 valence electrons. The summed E-state index contributed by atoms with van der Waals surface area (Å²) in [7, 11) is -3.83. The zero-order chi connectivity index (χ0) is 26.5. The Labute approximate surface area is 219 Å². The molecule has 0 aliphatic carbocycles. The van der Waals surface area contributed by atoms with E-state index in [0.717, 1.165) is 33.7 Å². The number of anilines is 1. The summed E-state index contributed by atoms with van der Waals surface area (Å²) < 4.78 is 29.3. The van der Waals surface area contributed by atoms with Gasteiger partial charge in [-0.2, -0.15) is 0 Å². The number of morpholine rings is 1. The van der Waals surface area contributed by atoms with Crippen LogP contribution in [0.25, 0.3) is 21.7 Å². The molecule has 5 rings (SSSR count). The fourth-order valence-corrected chi connectivity index (χ4v) is 6.53. The lowest BCUT2D eigenvalue weighted by atomic mass is 10.0. The number of thiazole rings is 1. The van der Waals surface area contributed by atoms with Crippen LogP contribution < -0.4 is 10.0 Å². The molecule has 3 aromatic rings. The van der Waals surface area contributed by atoms with Crippen LogP contribution in [-0.4, -0.2) is 62.0 Å². The smallest absolute Gasteiger partial charge is 0.283 e. The molecule has 1 fully saturated rings. The zero-order valence-electron chi connectivity index (χ0n) is 20.8. The van der Waals surface area contributed by atoms with E-state index in [9.17, 15) is 18.0 Å². The Morgan fingerprint density at radius 3 is 2.32 bits per heavy atom. The number of rotatable bonds is 4. The van der Waals surface area contributed by atoms with Crippen molar-refractivity contribution in [3.8, 4) is 21.7 Å². The van der Waals surface area contributed by atoms with Gasteiger partial charge in [-0.05, 0) is 55.7 Å². The van der Waals surface area contributed by atoms with Crippen molar-refractivity contribution in [2.75, 3.05) is 24.5 Å². The number of fused-ring (bicyclic) bond motifs is 1. The van der Waals surface area contributed by atoms with Gasteiger partial charge >= 0.3 is 0 Å². The molecule has 0 spiro atoms. The van der Waals surface area contributed by atoms with Gasteiger partial charge in [0.15, 0.2) is 5.01 Å². The summed E-state index contributed by atoms with van der Waals surface area (Å²) in [6.07, 6.45) is 0.595. The van der Waals surface area contributed by atoms with E-state index < -0.39 is 10.0 Å². The van der Waals surface area contributed by atoms with E-state index in [-0.39, 0.29) is 28.9 Å². The number of hydrogen-bond donors (Lipinski definition) is 1. The maximum atomic E-state index is 13.5. The van der Waals surface area contributed by atoms with Gasteiger partial charge in [-0.15, -0.1) is 11.3 Å². The molecular weight excluding hydrogens is 512 g/mol. The van der Waals surface area contributed by atoms with Crippen molar-refractivity contribution in [1.82, 2.24) is 9.88 Å². The van der Waals surface area contributed by atoms with Gasteiger partial charge in [0.25, 0.3) is 5.91 Å². The highest BCUT2D eigenvalue weighted by atomic mass is 32.2. The third-order valence-electron chi connectivity index (χ3n) is 6.59. The van der Waals surface area contributed by atoms with E-state index in [1.165, 1.54) is 23.5 Å². The van der Waals surface area contributed by atoms with Crippen LogP contribution in [0, 0.1) is 0 Å². The van der Waals surface area contributed by atoms with Crippen LogP contribution in [0.4, 0.5) is 5.69 Å². The predicted molar refractivity (Wildman–Crippen MR) is 142 cm³/mol. The van der Waals surface area contributed by atoms with E-state index in [0.29, 0.717) is 30.3 Å². The van der Waals surface area contributed by atoms with E-state index in [1.54, 1.807) is 28.9 Å². The average molecular weight is 541 g/mol. The van der Waals surface area contributed by atoms with Gasteiger partial charge in [0, 0.05) is 37.8 Å². The van der Waals surface area contributed by atoms with Crippen molar-refractivity contribution in [3.05, 3.63) is 53.0 Å². The summed E-state index contributed by atoms with van der Waals surface area (Å²) >= 11 is 1.28. The molecule has 9 nitrogen and oxygen atoms in total. The van der Waals surface area contributed by atoms with Gasteiger partial charge in [0.1, 0.15) is 0 Å². The van der Waals surface area contributed by atoms with Gasteiger partial charge in [0.05, 0.1) is 27.7 Å². The highest BCUT2D eigenvalue weighted by Gasteiger charge is 2.30. The first-order valence-corrected chi connectivity index (χ1v) is 14.4. The first-order valence-electron chi connectivity index (χ1n) is 12.0. The Kier molecular flexibility index (Phi) is 6.65. The highest BCUT2D eigenvalue weighted by molar-refractivity contribution is 7.89. The van der Waals surface area contributed by atoms with E-state index in [2.05, 4.69) is 0 Å². The molecule has 0 radical (unpaired) electrons. The second-order valence-corrected chi connectivity index (χ2v) is 12.1. The van der Waals surface area contributed by atoms with Gasteiger partial charge in [-0.3, -0.25) is 9.59 Å². The molecule has 0 unspecified atom stereocenters. The number of sulfonamides is 1. The largest absolute Gasteiger partial charge is 0.372 e. The lowest BCUT2D eigenvalue weighted by Crippen LogP contribution is -2.48. The van der Waals surface area contributed by atoms with Crippen molar-refractivity contribution >= 4 is 38.9 Å². The molecule has 2 atom stereocenters. The standard InChI is InChI=1S/C26H28N4O5S2/c1-15-13-29(14-16(2)35-15)26(32)25-28-23(20-6-9-22-19(12-20)10-11-30(22)17(3)31)24(36-25)18-4-7-21(8-5-18)37(27,33)34/h4-9,12,15-16H,10-11,13-14H2,1-3H3,(H2,27,33,34)/t15-,16+. The number of nitrogens with two attached hydrogens (primary N) is 1. The van der Waals surface area contributed by atoms with Crippen LogP contribution in [0.3, 0.4) is 0 Å². The number of benzene rings is 2. The van der Waals surface area contributed by atoms with Crippen LogP contribution in [0.1, 0.15) is 36.1 Å². The van der Waals surface area contributed by atoms with Crippen LogP contribution >= 0.6 is 11.3 Å². The van der Waals surface area contributed by atoms with Crippen LogP contribution in [-0.2, 0) is 26.0 Å². The lowest BCUT2D eigenvalue weighted by molar-refractivity contribution is -0.116. The molecule has 2 aromatic carbocycles. The van der Waals surface area contributed by atoms with Crippen LogP contribution in [0.2, 0.25) is 0 Å². The molecule has 2 N–H and O–H groups in total. The summed E-state index contributed by atoms with van der Waals surface area (Å²) in [6, 6.07) is 12.1. The number of primary sulfonamides is 1. The molecule has 2 aliphatic rings. The molecule has 11 heteroatoms. The topological polar surface area (TPSA) is 123 Å². The third-order valence-corrected chi connectivity index (χ3v) is 8.61. The number of ether oxygens (including phenoxy) is 1. The molecule has 2 amide bonds. The Bertz CT molecular complexity index is 1470. The average Bonchev–Trinajstić information content (AvgIpc) is 3.47. The van der Waals surface area contributed by atoms with Crippen molar-refractivity contribution < 1.29 is 22.7 Å². The van der Waals surface area contributed by atoms with E-state index >= 15 is 0 Å². The Morgan fingerprint density at radius 2 is 1.70 bits per heavy atom. The van der Waals surface area contributed by atoms with Gasteiger partial charge < -0.3 is 14.5 Å². The molecule has 3 heterocycles. The molecule has 1 saturated heterocycles. The fraction of sp³-hybridized carbons (Fsp3) is 0.346. The Morgan fingerprint density at radius 1 is 1.05 bits per heavy atom. The third kappa shape index (κ3) is 5.04. The van der Waals surface area contributed by atoms with Crippen molar-refractivity contribution in [1.29, 1.82) is 0 Å². The maximum Gasteiger partial charge on any atom is 0.283 e. The summed E-state index contributed by atoms with van der Waals surface area (Å²) in [5.41, 5.74) is 4.12. The van der Waals surface area contributed by atoms with Crippen LogP contribution in [0.15, 0.2) is 47.4 Å². The van der Waals surface area contributed by atoms with E-state index in [4.69, 9.17) is 14.9 Å². The molecule has 37 heavy (non-hydrogen) atoms. The molecule has 0 saturated carbocycles. The normalized spacial score (nSPS) is 19.7. The number of carbonyl (C=O) groups is 2. The van der Waals surface area contributed by atoms with Crippen LogP contribution in [0.5, 0.6) is 0 Å². The first kappa shape index (κ1) is 25.5. The minimum Gasteiger partial charge on any atom is -0.372 e. The summed E-state index contributed by atoms with van der Waals surface area (Å²) in [5.74, 6) is -0.165. The fourth-order valence-electron chi connectivity index (χ4n) is 4.95. The minimum absolute atomic E-state index is 0.00218. The van der Waals surface area contributed by atoms with E-state index in [1.807, 2.05) is 32.0 Å². The SMILES string of the molecule is CC(=O)N1CCc2cc(-c3nc(C(=O)N4C[C@@H](C)O[C@@H](C)C4)sc3-c3ccc(S(N)(=O)=O)cc3)ccc21. The molecular formula is C26H28N4O5S2. The molecule has 1 aromatic heterocycles. The number of hydrogen-bond acceptors (Lipinski definition) is 7. The number of nitrogens with zero attached hydrogens (tertiary/aromatic N) is 3. The lowest BCUT2D eigenvalue weighted by Gasteiger charge is -2.34. The minimum atomic E-state index is -3.83. The number of aromatic nitrogens is 1. The molecule has 0 bridgehead atoms. The number of carbonyl (C=O) groups excluding carboxylic acids is 2. The van der Waals surface area contributed by atoms with Crippen molar-refractivity contribution in [3.63, 3.8) is 0 Å². The quantitative estimate of drug-likeness (QED) is 0.542. The van der Waals surface area contributed by atoms with Crippen molar-refractivity contribution in [2.45, 2.75) is 44.3 Å². The van der Waals surface area contributed by atoms with Crippen molar-refractivity contribution in [2.24, 2.45) is 5.14 Å². The first-order chi connectivity index (χ1) is 17.5. The summed E-state index contributed by atoms with van der Waals surface area (Å²) in [5, 5.41) is 5.63. The Balaban J connectivity index is 1.58. The predicted octanol–water partition coefficient (Wildman–Crippen LogP) is 3.28. The molecule has 2 aliphatic heterocycles. The summed E-state index contributed by atoms with van der Waals surface area (Å²) in [4.78, 5) is 34.6. The summed E-state index contributed by atoms with van der Waals surface area (Å²) in [6.45, 7) is 7.03. The maximum absolute atomic E-state index is 13.5.